The van der Waals surface area contributed by atoms with Crippen molar-refractivity contribution in [2.45, 2.75) is 25.3 Å². The summed E-state index contributed by atoms with van der Waals surface area (Å²) in [6.07, 6.45) is 2.74. The summed E-state index contributed by atoms with van der Waals surface area (Å²) >= 11 is 0. The maximum atomic E-state index is 13.0. The highest BCUT2D eigenvalue weighted by atomic mass is 16.1. The molecule has 2 aliphatic heterocycles. The summed E-state index contributed by atoms with van der Waals surface area (Å²) in [6, 6.07) is 25.8. The standard InChI is InChI=1S/C31H38N4O/c1-33-17-19-35(20-18-33)30(28-14-15-29-27(22-28)9-6-16-34(29)2)23-32-31(36)21-24-10-12-26(13-11-24)25-7-4-3-5-8-25/h3-5,7-8,10-15,22,30H,6,9,16-21,23H2,1-2H3,(H,32,36)/t30-/m1/s1. The van der Waals surface area contributed by atoms with Gasteiger partial charge in [0.1, 0.15) is 0 Å². The van der Waals surface area contributed by atoms with E-state index in [0.29, 0.717) is 13.0 Å². The molecule has 5 nitrogen and oxygen atoms in total. The molecule has 5 heteroatoms. The molecule has 0 spiro atoms. The fraction of sp³-hybridized carbons (Fsp3) is 0.387. The van der Waals surface area contributed by atoms with Crippen molar-refractivity contribution < 1.29 is 4.79 Å². The van der Waals surface area contributed by atoms with Crippen LogP contribution in [-0.2, 0) is 17.6 Å². The van der Waals surface area contributed by atoms with Gasteiger partial charge in [0.15, 0.2) is 0 Å². The normalized spacial score (nSPS) is 17.4. The lowest BCUT2D eigenvalue weighted by Crippen LogP contribution is -2.48. The van der Waals surface area contributed by atoms with Crippen LogP contribution in [0.15, 0.2) is 72.8 Å². The number of nitrogens with zero attached hydrogens (tertiary/aromatic N) is 3. The Morgan fingerprint density at radius 2 is 1.58 bits per heavy atom. The summed E-state index contributed by atoms with van der Waals surface area (Å²) in [5.74, 6) is 0.0827. The van der Waals surface area contributed by atoms with Crippen LogP contribution in [0.1, 0.15) is 29.2 Å². The van der Waals surface area contributed by atoms with E-state index in [0.717, 1.165) is 44.7 Å². The fourth-order valence-corrected chi connectivity index (χ4v) is 5.51. The van der Waals surface area contributed by atoms with Gasteiger partial charge >= 0.3 is 0 Å². The van der Waals surface area contributed by atoms with Crippen molar-refractivity contribution in [2.75, 3.05) is 58.3 Å². The van der Waals surface area contributed by atoms with E-state index in [1.807, 2.05) is 18.2 Å². The van der Waals surface area contributed by atoms with E-state index >= 15 is 0 Å². The summed E-state index contributed by atoms with van der Waals surface area (Å²) in [5, 5.41) is 3.27. The van der Waals surface area contributed by atoms with E-state index < -0.39 is 0 Å². The Bertz CT molecular complexity index is 1150. The number of hydrogen-bond acceptors (Lipinski definition) is 4. The van der Waals surface area contributed by atoms with Crippen molar-refractivity contribution >= 4 is 11.6 Å². The molecule has 0 bridgehead atoms. The van der Waals surface area contributed by atoms with E-state index in [9.17, 15) is 4.79 Å². The summed E-state index contributed by atoms with van der Waals surface area (Å²) in [5.41, 5.74) is 7.52. The average molecular weight is 483 g/mol. The van der Waals surface area contributed by atoms with E-state index in [-0.39, 0.29) is 11.9 Å². The molecule has 1 N–H and O–H groups in total. The Kier molecular flexibility index (Phi) is 7.69. The molecule has 1 atom stereocenters. The predicted molar refractivity (Wildman–Crippen MR) is 148 cm³/mol. The van der Waals surface area contributed by atoms with Crippen LogP contribution in [0.3, 0.4) is 0 Å². The molecular formula is C31H38N4O. The van der Waals surface area contributed by atoms with Crippen molar-refractivity contribution in [1.29, 1.82) is 0 Å². The number of likely N-dealkylation sites (N-methyl/N-ethyl adjacent to an activating group) is 1. The Balaban J connectivity index is 1.26. The lowest BCUT2D eigenvalue weighted by Gasteiger charge is -2.39. The number of rotatable bonds is 7. The van der Waals surface area contributed by atoms with Crippen molar-refractivity contribution in [3.63, 3.8) is 0 Å². The number of aryl methyl sites for hydroxylation is 1. The Labute approximate surface area is 215 Å². The third-order valence-corrected chi connectivity index (χ3v) is 7.74. The first kappa shape index (κ1) is 24.5. The van der Waals surface area contributed by atoms with Crippen molar-refractivity contribution in [3.8, 4) is 11.1 Å². The topological polar surface area (TPSA) is 38.8 Å². The van der Waals surface area contributed by atoms with E-state index in [1.165, 1.54) is 34.4 Å². The molecule has 3 aromatic carbocycles. The van der Waals surface area contributed by atoms with Crippen molar-refractivity contribution in [3.05, 3.63) is 89.5 Å². The molecule has 0 unspecified atom stereocenters. The smallest absolute Gasteiger partial charge is 0.224 e. The Morgan fingerprint density at radius 1 is 0.861 bits per heavy atom. The van der Waals surface area contributed by atoms with Gasteiger partial charge in [-0.1, -0.05) is 66.7 Å². The molecule has 2 aliphatic rings. The highest BCUT2D eigenvalue weighted by Crippen LogP contribution is 2.31. The zero-order valence-electron chi connectivity index (χ0n) is 21.6. The summed E-state index contributed by atoms with van der Waals surface area (Å²) in [6.45, 7) is 5.93. The largest absolute Gasteiger partial charge is 0.374 e. The number of benzene rings is 3. The van der Waals surface area contributed by atoms with Crippen molar-refractivity contribution in [2.24, 2.45) is 0 Å². The van der Waals surface area contributed by atoms with Crippen LogP contribution >= 0.6 is 0 Å². The zero-order chi connectivity index (χ0) is 24.9. The van der Waals surface area contributed by atoms with Gasteiger partial charge in [0.05, 0.1) is 12.5 Å². The molecule has 3 aromatic rings. The minimum atomic E-state index is 0.0827. The molecule has 0 saturated carbocycles. The van der Waals surface area contributed by atoms with Crippen LogP contribution in [-0.4, -0.2) is 69.1 Å². The van der Waals surface area contributed by atoms with E-state index in [2.05, 4.69) is 88.7 Å². The molecule has 1 saturated heterocycles. The number of fused-ring (bicyclic) bond motifs is 1. The number of carbonyl (C=O) groups is 1. The van der Waals surface area contributed by atoms with E-state index in [4.69, 9.17) is 0 Å². The highest BCUT2D eigenvalue weighted by Gasteiger charge is 2.26. The first-order chi connectivity index (χ1) is 17.6. The number of nitrogens with one attached hydrogen (secondary N) is 1. The van der Waals surface area contributed by atoms with Crippen LogP contribution in [0.5, 0.6) is 0 Å². The van der Waals surface area contributed by atoms with Gasteiger partial charge in [0.2, 0.25) is 5.91 Å². The second-order valence-electron chi connectivity index (χ2n) is 10.3. The van der Waals surface area contributed by atoms with Crippen LogP contribution in [0.4, 0.5) is 5.69 Å². The molecule has 0 aliphatic carbocycles. The minimum absolute atomic E-state index is 0.0827. The lowest BCUT2D eigenvalue weighted by molar-refractivity contribution is -0.120. The first-order valence-electron chi connectivity index (χ1n) is 13.2. The van der Waals surface area contributed by atoms with Crippen LogP contribution < -0.4 is 10.2 Å². The maximum absolute atomic E-state index is 13.0. The molecule has 188 valence electrons. The number of anilines is 1. The summed E-state index contributed by atoms with van der Waals surface area (Å²) in [4.78, 5) is 20.3. The summed E-state index contributed by atoms with van der Waals surface area (Å²) < 4.78 is 0. The SMILES string of the molecule is CN1CCN([C@H](CNC(=O)Cc2ccc(-c3ccccc3)cc2)c2ccc3c(c2)CCCN3C)CC1. The molecule has 5 rings (SSSR count). The monoisotopic (exact) mass is 482 g/mol. The van der Waals surface area contributed by atoms with Gasteiger partial charge in [0.25, 0.3) is 0 Å². The van der Waals surface area contributed by atoms with Gasteiger partial charge in [-0.2, -0.15) is 0 Å². The molecular weight excluding hydrogens is 444 g/mol. The average Bonchev–Trinajstić information content (AvgIpc) is 2.91. The van der Waals surface area contributed by atoms with Gasteiger partial charge in [-0.25, -0.2) is 0 Å². The van der Waals surface area contributed by atoms with Gasteiger partial charge in [0, 0.05) is 52.0 Å². The molecule has 0 aromatic heterocycles. The third-order valence-electron chi connectivity index (χ3n) is 7.74. The predicted octanol–water partition coefficient (Wildman–Crippen LogP) is 4.38. The van der Waals surface area contributed by atoms with Gasteiger partial charge in [-0.3, -0.25) is 9.69 Å². The molecule has 0 radical (unpaired) electrons. The Hall–Kier alpha value is -3.15. The van der Waals surface area contributed by atoms with Crippen molar-refractivity contribution in [1.82, 2.24) is 15.1 Å². The molecule has 1 fully saturated rings. The fourth-order valence-electron chi connectivity index (χ4n) is 5.51. The van der Waals surface area contributed by atoms with Crippen LogP contribution in [0, 0.1) is 0 Å². The van der Waals surface area contributed by atoms with Gasteiger partial charge < -0.3 is 15.1 Å². The molecule has 36 heavy (non-hydrogen) atoms. The van der Waals surface area contributed by atoms with Gasteiger partial charge in [-0.15, -0.1) is 0 Å². The second-order valence-corrected chi connectivity index (χ2v) is 10.3. The molecule has 2 heterocycles. The number of hydrogen-bond donors (Lipinski definition) is 1. The highest BCUT2D eigenvalue weighted by molar-refractivity contribution is 5.79. The van der Waals surface area contributed by atoms with Crippen LogP contribution in [0.25, 0.3) is 11.1 Å². The zero-order valence-corrected chi connectivity index (χ0v) is 21.6. The third kappa shape index (κ3) is 5.80. The minimum Gasteiger partial charge on any atom is -0.374 e. The van der Waals surface area contributed by atoms with E-state index in [1.54, 1.807) is 0 Å². The van der Waals surface area contributed by atoms with Gasteiger partial charge in [-0.05, 0) is 53.8 Å². The first-order valence-corrected chi connectivity index (χ1v) is 13.2. The number of piperazine rings is 1. The maximum Gasteiger partial charge on any atom is 0.224 e. The number of carbonyl (C=O) groups excluding carboxylic acids is 1. The molecule has 1 amide bonds. The summed E-state index contributed by atoms with van der Waals surface area (Å²) in [7, 11) is 4.37. The quantitative estimate of drug-likeness (QED) is 0.542. The Morgan fingerprint density at radius 3 is 2.33 bits per heavy atom. The van der Waals surface area contributed by atoms with Crippen LogP contribution in [0.2, 0.25) is 0 Å². The second kappa shape index (κ2) is 11.3. The number of amides is 1. The lowest BCUT2D eigenvalue weighted by atomic mass is 9.95.